The van der Waals surface area contributed by atoms with Gasteiger partial charge in [-0.05, 0) is 25.3 Å². The van der Waals surface area contributed by atoms with Crippen molar-refractivity contribution in [3.05, 3.63) is 12.7 Å². The van der Waals surface area contributed by atoms with Crippen LogP contribution < -0.4 is 0 Å². The minimum absolute atomic E-state index is 0.0944. The number of carbonyl (C=O) groups excluding carboxylic acids is 1. The van der Waals surface area contributed by atoms with E-state index in [-0.39, 0.29) is 5.91 Å². The van der Waals surface area contributed by atoms with Crippen molar-refractivity contribution in [3.63, 3.8) is 0 Å². The van der Waals surface area contributed by atoms with Gasteiger partial charge < -0.3 is 10.0 Å². The zero-order valence-electron chi connectivity index (χ0n) is 17.5. The second kappa shape index (κ2) is 20.5. The van der Waals surface area contributed by atoms with Crippen LogP contribution in [-0.4, -0.2) is 35.6 Å². The lowest BCUT2D eigenvalue weighted by molar-refractivity contribution is -0.126. The highest BCUT2D eigenvalue weighted by Crippen LogP contribution is 2.11. The van der Waals surface area contributed by atoms with E-state index in [0.29, 0.717) is 6.61 Å². The molecule has 3 heteroatoms. The zero-order chi connectivity index (χ0) is 19.3. The molecule has 0 rings (SSSR count). The molecule has 0 aliphatic carbocycles. The Morgan fingerprint density at radius 1 is 0.731 bits per heavy atom. The van der Waals surface area contributed by atoms with Crippen molar-refractivity contribution in [2.45, 2.75) is 110 Å². The lowest BCUT2D eigenvalue weighted by Gasteiger charge is -2.21. The number of rotatable bonds is 20. The molecule has 0 heterocycles. The maximum Gasteiger partial charge on any atom is 0.245 e. The summed E-state index contributed by atoms with van der Waals surface area (Å²) in [4.78, 5) is 14.0. The molecule has 26 heavy (non-hydrogen) atoms. The molecular formula is C23H45NO2. The van der Waals surface area contributed by atoms with Crippen LogP contribution in [0.5, 0.6) is 0 Å². The van der Waals surface area contributed by atoms with Crippen molar-refractivity contribution in [1.82, 2.24) is 4.90 Å². The van der Waals surface area contributed by atoms with Gasteiger partial charge in [-0.3, -0.25) is 4.79 Å². The van der Waals surface area contributed by atoms with E-state index in [4.69, 9.17) is 5.11 Å². The van der Waals surface area contributed by atoms with Crippen molar-refractivity contribution in [2.24, 2.45) is 0 Å². The third-order valence-corrected chi connectivity index (χ3v) is 5.10. The quantitative estimate of drug-likeness (QED) is 0.204. The Labute approximate surface area is 163 Å². The molecule has 0 saturated carbocycles. The highest BCUT2D eigenvalue weighted by Gasteiger charge is 2.09. The van der Waals surface area contributed by atoms with Crippen LogP contribution in [0.3, 0.4) is 0 Å². The van der Waals surface area contributed by atoms with Crippen LogP contribution in [0.15, 0.2) is 12.7 Å². The average Bonchev–Trinajstić information content (AvgIpc) is 2.66. The molecule has 0 spiro atoms. The first-order valence-corrected chi connectivity index (χ1v) is 11.3. The summed E-state index contributed by atoms with van der Waals surface area (Å²) in [7, 11) is 0. The number of nitrogens with zero attached hydrogens (tertiary/aromatic N) is 1. The fraction of sp³-hybridized carbons (Fsp3) is 0.870. The van der Waals surface area contributed by atoms with Gasteiger partial charge in [-0.1, -0.05) is 97.0 Å². The van der Waals surface area contributed by atoms with Gasteiger partial charge in [0, 0.05) is 19.7 Å². The van der Waals surface area contributed by atoms with Crippen LogP contribution in [0.4, 0.5) is 0 Å². The third-order valence-electron chi connectivity index (χ3n) is 5.10. The molecule has 0 aliphatic heterocycles. The number of unbranched alkanes of at least 4 members (excludes halogenated alkanes) is 14. The van der Waals surface area contributed by atoms with Crippen LogP contribution in [0.1, 0.15) is 110 Å². The number of aliphatic hydroxyl groups excluding tert-OH is 1. The maximum absolute atomic E-state index is 12.0. The average molecular weight is 368 g/mol. The molecule has 0 bridgehead atoms. The van der Waals surface area contributed by atoms with Gasteiger partial charge in [-0.25, -0.2) is 0 Å². The fourth-order valence-corrected chi connectivity index (χ4v) is 3.37. The van der Waals surface area contributed by atoms with Crippen LogP contribution in [0.25, 0.3) is 0 Å². The van der Waals surface area contributed by atoms with Crippen LogP contribution >= 0.6 is 0 Å². The van der Waals surface area contributed by atoms with Gasteiger partial charge in [0.05, 0.1) is 0 Å². The van der Waals surface area contributed by atoms with E-state index in [2.05, 4.69) is 13.5 Å². The molecule has 3 nitrogen and oxygen atoms in total. The summed E-state index contributed by atoms with van der Waals surface area (Å²) in [6, 6.07) is 0. The molecule has 0 aromatic heterocycles. The molecule has 0 unspecified atom stereocenters. The normalized spacial score (nSPS) is 10.8. The first kappa shape index (κ1) is 25.2. The van der Waals surface area contributed by atoms with Crippen LogP contribution in [0, 0.1) is 0 Å². The molecule has 1 N–H and O–H groups in total. The molecule has 0 aliphatic rings. The van der Waals surface area contributed by atoms with E-state index < -0.39 is 0 Å². The van der Waals surface area contributed by atoms with Gasteiger partial charge in [-0.15, -0.1) is 0 Å². The van der Waals surface area contributed by atoms with Gasteiger partial charge >= 0.3 is 0 Å². The molecule has 1 amide bonds. The van der Waals surface area contributed by atoms with Gasteiger partial charge in [0.2, 0.25) is 5.91 Å². The SMILES string of the molecule is C=CC(=O)N(CCCCCCCCCC)CCCCCCCCCCO. The zero-order valence-corrected chi connectivity index (χ0v) is 17.5. The number of amides is 1. The summed E-state index contributed by atoms with van der Waals surface area (Å²) >= 11 is 0. The van der Waals surface area contributed by atoms with E-state index >= 15 is 0 Å². The summed E-state index contributed by atoms with van der Waals surface area (Å²) in [5.74, 6) is 0.0944. The predicted octanol–water partition coefficient (Wildman–Crippen LogP) is 6.25. The smallest absolute Gasteiger partial charge is 0.245 e. The molecule has 154 valence electrons. The van der Waals surface area contributed by atoms with Crippen molar-refractivity contribution in [2.75, 3.05) is 19.7 Å². The molecule has 0 atom stereocenters. The van der Waals surface area contributed by atoms with Gasteiger partial charge in [0.25, 0.3) is 0 Å². The second-order valence-corrected chi connectivity index (χ2v) is 7.56. The third kappa shape index (κ3) is 16.6. The minimum atomic E-state index is 0.0944. The van der Waals surface area contributed by atoms with E-state index in [9.17, 15) is 4.79 Å². The summed E-state index contributed by atoms with van der Waals surface area (Å²) in [6.07, 6.45) is 21.3. The summed E-state index contributed by atoms with van der Waals surface area (Å²) < 4.78 is 0. The summed E-state index contributed by atoms with van der Waals surface area (Å²) in [5.41, 5.74) is 0. The lowest BCUT2D eigenvalue weighted by Crippen LogP contribution is -2.31. The van der Waals surface area contributed by atoms with Crippen LogP contribution in [-0.2, 0) is 4.79 Å². The highest BCUT2D eigenvalue weighted by molar-refractivity contribution is 5.86. The Hall–Kier alpha value is -0.830. The van der Waals surface area contributed by atoms with E-state index in [1.165, 1.54) is 83.1 Å². The molecule has 0 aromatic carbocycles. The number of hydrogen-bond acceptors (Lipinski definition) is 2. The molecule has 0 saturated heterocycles. The first-order valence-electron chi connectivity index (χ1n) is 11.3. The van der Waals surface area contributed by atoms with Gasteiger partial charge in [0.1, 0.15) is 0 Å². The molecule has 0 fully saturated rings. The van der Waals surface area contributed by atoms with Crippen molar-refractivity contribution >= 4 is 5.91 Å². The summed E-state index contributed by atoms with van der Waals surface area (Å²) in [5, 5.41) is 8.75. The molecule has 0 aromatic rings. The standard InChI is InChI=1S/C23H45NO2/c1-3-5-6-7-8-11-14-17-20-24(23(26)4-2)21-18-15-12-9-10-13-16-19-22-25/h4,25H,2-3,5-22H2,1H3. The predicted molar refractivity (Wildman–Crippen MR) is 113 cm³/mol. The number of aliphatic hydroxyl groups is 1. The highest BCUT2D eigenvalue weighted by atomic mass is 16.2. The second-order valence-electron chi connectivity index (χ2n) is 7.56. The van der Waals surface area contributed by atoms with Crippen molar-refractivity contribution in [1.29, 1.82) is 0 Å². The fourth-order valence-electron chi connectivity index (χ4n) is 3.37. The largest absolute Gasteiger partial charge is 0.396 e. The topological polar surface area (TPSA) is 40.5 Å². The Morgan fingerprint density at radius 2 is 1.12 bits per heavy atom. The Morgan fingerprint density at radius 3 is 1.50 bits per heavy atom. The Balaban J connectivity index is 3.64. The van der Waals surface area contributed by atoms with E-state index in [1.807, 2.05) is 4.90 Å². The van der Waals surface area contributed by atoms with E-state index in [0.717, 1.165) is 38.8 Å². The van der Waals surface area contributed by atoms with Crippen LogP contribution in [0.2, 0.25) is 0 Å². The number of carbonyl (C=O) groups is 1. The van der Waals surface area contributed by atoms with Crippen molar-refractivity contribution < 1.29 is 9.90 Å². The summed E-state index contributed by atoms with van der Waals surface area (Å²) in [6.45, 7) is 8.00. The van der Waals surface area contributed by atoms with Gasteiger partial charge in [0.15, 0.2) is 0 Å². The van der Waals surface area contributed by atoms with Gasteiger partial charge in [-0.2, -0.15) is 0 Å². The molecule has 0 radical (unpaired) electrons. The number of hydrogen-bond donors (Lipinski definition) is 1. The molecular weight excluding hydrogens is 322 g/mol. The minimum Gasteiger partial charge on any atom is -0.396 e. The lowest BCUT2D eigenvalue weighted by atomic mass is 10.1. The first-order chi connectivity index (χ1) is 12.8. The Bertz CT molecular complexity index is 317. The monoisotopic (exact) mass is 367 g/mol. The van der Waals surface area contributed by atoms with E-state index in [1.54, 1.807) is 0 Å². The Kier molecular flexibility index (Phi) is 19.8. The maximum atomic E-state index is 12.0. The van der Waals surface area contributed by atoms with Crippen molar-refractivity contribution in [3.8, 4) is 0 Å².